The Hall–Kier alpha value is -1.62. The van der Waals surface area contributed by atoms with Gasteiger partial charge in [0, 0.05) is 12.6 Å². The number of anilines is 1. The summed E-state index contributed by atoms with van der Waals surface area (Å²) in [7, 11) is 0. The van der Waals surface area contributed by atoms with Crippen LogP contribution in [0.5, 0.6) is 0 Å². The predicted molar refractivity (Wildman–Crippen MR) is 74.6 cm³/mol. The number of hydrogen-bond acceptors (Lipinski definition) is 3. The molecule has 0 saturated carbocycles. The van der Waals surface area contributed by atoms with Gasteiger partial charge in [-0.2, -0.15) is 0 Å². The van der Waals surface area contributed by atoms with Gasteiger partial charge in [-0.25, -0.2) is 9.37 Å². The summed E-state index contributed by atoms with van der Waals surface area (Å²) in [6, 6.07) is 5.07. The quantitative estimate of drug-likeness (QED) is 0.873. The summed E-state index contributed by atoms with van der Waals surface area (Å²) in [4.78, 5) is 10.0. The summed E-state index contributed by atoms with van der Waals surface area (Å²) in [5.74, 6) is 1.10. The van der Waals surface area contributed by atoms with Gasteiger partial charge in [0.05, 0.1) is 11.0 Å². The maximum absolute atomic E-state index is 13.2. The number of aromatic amines is 1. The molecular weight excluding hydrogens is 243 g/mol. The van der Waals surface area contributed by atoms with E-state index in [9.17, 15) is 4.39 Å². The van der Waals surface area contributed by atoms with Gasteiger partial charge in [0.2, 0.25) is 5.95 Å². The van der Waals surface area contributed by atoms with Crippen molar-refractivity contribution in [3.8, 4) is 0 Å². The first-order chi connectivity index (χ1) is 9.17. The highest BCUT2D eigenvalue weighted by Crippen LogP contribution is 2.27. The highest BCUT2D eigenvalue weighted by Gasteiger charge is 2.26. The van der Waals surface area contributed by atoms with Crippen LogP contribution in [-0.2, 0) is 0 Å². The van der Waals surface area contributed by atoms with E-state index in [1.54, 1.807) is 6.07 Å². The van der Waals surface area contributed by atoms with Crippen LogP contribution in [0.3, 0.4) is 0 Å². The zero-order valence-corrected chi connectivity index (χ0v) is 11.1. The smallest absolute Gasteiger partial charge is 0.204 e. The van der Waals surface area contributed by atoms with Gasteiger partial charge in [-0.05, 0) is 50.4 Å². The van der Waals surface area contributed by atoms with Crippen LogP contribution in [0.4, 0.5) is 10.3 Å². The second kappa shape index (κ2) is 4.81. The van der Waals surface area contributed by atoms with Crippen molar-refractivity contribution in [3.05, 3.63) is 24.0 Å². The van der Waals surface area contributed by atoms with Crippen molar-refractivity contribution in [3.63, 3.8) is 0 Å². The number of nitrogens with two attached hydrogens (primary N) is 1. The molecule has 0 bridgehead atoms. The number of piperidine rings is 1. The zero-order chi connectivity index (χ0) is 13.4. The van der Waals surface area contributed by atoms with Crippen molar-refractivity contribution in [1.29, 1.82) is 0 Å². The molecule has 1 aromatic carbocycles. The highest BCUT2D eigenvalue weighted by molar-refractivity contribution is 5.77. The minimum Gasteiger partial charge on any atom is -0.339 e. The predicted octanol–water partition coefficient (Wildman–Crippen LogP) is 2.27. The molecule has 102 valence electrons. The molecular formula is C14H19FN4. The molecule has 0 spiro atoms. The van der Waals surface area contributed by atoms with Gasteiger partial charge in [-0.3, -0.25) is 0 Å². The summed E-state index contributed by atoms with van der Waals surface area (Å²) >= 11 is 0. The van der Waals surface area contributed by atoms with Crippen molar-refractivity contribution in [2.45, 2.75) is 25.8 Å². The molecule has 0 amide bonds. The minimum absolute atomic E-state index is 0.241. The van der Waals surface area contributed by atoms with Crippen molar-refractivity contribution in [2.75, 3.05) is 18.0 Å². The van der Waals surface area contributed by atoms with E-state index < -0.39 is 0 Å². The zero-order valence-electron chi connectivity index (χ0n) is 11.1. The summed E-state index contributed by atoms with van der Waals surface area (Å²) in [6.45, 7) is 3.82. The van der Waals surface area contributed by atoms with Crippen LogP contribution in [0.2, 0.25) is 0 Å². The molecule has 0 radical (unpaired) electrons. The number of rotatable bonds is 2. The fourth-order valence-electron chi connectivity index (χ4n) is 2.77. The lowest BCUT2D eigenvalue weighted by atomic mass is 9.94. The standard InChI is InChI=1S/C14H19FN4/c1-9-2-3-10(7-16)8-19(9)14-17-12-5-4-11(15)6-13(12)18-14/h4-6,9-10H,2-3,7-8,16H2,1H3,(H,17,18). The average molecular weight is 262 g/mol. The molecule has 2 heterocycles. The number of H-pyrrole nitrogens is 1. The van der Waals surface area contributed by atoms with E-state index in [2.05, 4.69) is 21.8 Å². The Kier molecular flexibility index (Phi) is 3.14. The number of aromatic nitrogens is 2. The number of halogens is 1. The Morgan fingerprint density at radius 1 is 1.47 bits per heavy atom. The lowest BCUT2D eigenvalue weighted by Gasteiger charge is -2.37. The maximum Gasteiger partial charge on any atom is 0.204 e. The molecule has 1 saturated heterocycles. The van der Waals surface area contributed by atoms with Crippen LogP contribution in [0, 0.1) is 11.7 Å². The van der Waals surface area contributed by atoms with Crippen molar-refractivity contribution >= 4 is 17.0 Å². The van der Waals surface area contributed by atoms with Gasteiger partial charge >= 0.3 is 0 Å². The number of imidazole rings is 1. The van der Waals surface area contributed by atoms with Crippen molar-refractivity contribution < 1.29 is 4.39 Å². The Bertz CT molecular complexity index is 580. The SMILES string of the molecule is CC1CCC(CN)CN1c1nc2ccc(F)cc2[nH]1. The molecule has 1 aliphatic heterocycles. The number of hydrogen-bond donors (Lipinski definition) is 2. The topological polar surface area (TPSA) is 57.9 Å². The Morgan fingerprint density at radius 2 is 2.32 bits per heavy atom. The monoisotopic (exact) mass is 262 g/mol. The number of fused-ring (bicyclic) bond motifs is 1. The average Bonchev–Trinajstić information content (AvgIpc) is 2.82. The molecule has 5 heteroatoms. The van der Waals surface area contributed by atoms with Crippen LogP contribution in [0.25, 0.3) is 11.0 Å². The third-order valence-corrected chi connectivity index (χ3v) is 4.02. The van der Waals surface area contributed by atoms with E-state index in [4.69, 9.17) is 5.73 Å². The third-order valence-electron chi connectivity index (χ3n) is 4.02. The lowest BCUT2D eigenvalue weighted by Crippen LogP contribution is -2.44. The highest BCUT2D eigenvalue weighted by atomic mass is 19.1. The maximum atomic E-state index is 13.2. The normalized spacial score (nSPS) is 24.1. The van der Waals surface area contributed by atoms with Gasteiger partial charge in [-0.15, -0.1) is 0 Å². The van der Waals surface area contributed by atoms with Gasteiger partial charge < -0.3 is 15.6 Å². The molecule has 19 heavy (non-hydrogen) atoms. The fraction of sp³-hybridized carbons (Fsp3) is 0.500. The van der Waals surface area contributed by atoms with E-state index in [1.807, 2.05) is 0 Å². The molecule has 2 atom stereocenters. The molecule has 3 rings (SSSR count). The molecule has 0 aliphatic carbocycles. The summed E-state index contributed by atoms with van der Waals surface area (Å²) in [6.07, 6.45) is 2.29. The Balaban J connectivity index is 1.93. The first-order valence-electron chi connectivity index (χ1n) is 6.79. The van der Waals surface area contributed by atoms with E-state index in [0.29, 0.717) is 18.5 Å². The number of nitrogens with one attached hydrogen (secondary N) is 1. The summed E-state index contributed by atoms with van der Waals surface area (Å²) < 4.78 is 13.2. The molecule has 1 aliphatic rings. The fourth-order valence-corrected chi connectivity index (χ4v) is 2.77. The second-order valence-corrected chi connectivity index (χ2v) is 5.40. The molecule has 3 N–H and O–H groups in total. The van der Waals surface area contributed by atoms with Crippen LogP contribution in [-0.4, -0.2) is 29.1 Å². The van der Waals surface area contributed by atoms with Gasteiger partial charge in [0.15, 0.2) is 0 Å². The van der Waals surface area contributed by atoms with Gasteiger partial charge in [0.1, 0.15) is 5.82 Å². The number of benzene rings is 1. The van der Waals surface area contributed by atoms with E-state index >= 15 is 0 Å². The van der Waals surface area contributed by atoms with E-state index in [1.165, 1.54) is 18.6 Å². The van der Waals surface area contributed by atoms with Crippen LogP contribution in [0.15, 0.2) is 18.2 Å². The van der Waals surface area contributed by atoms with E-state index in [-0.39, 0.29) is 5.82 Å². The lowest BCUT2D eigenvalue weighted by molar-refractivity contribution is 0.370. The van der Waals surface area contributed by atoms with Crippen LogP contribution >= 0.6 is 0 Å². The summed E-state index contributed by atoms with van der Waals surface area (Å²) in [5, 5.41) is 0. The van der Waals surface area contributed by atoms with Crippen LogP contribution in [0.1, 0.15) is 19.8 Å². The van der Waals surface area contributed by atoms with Crippen LogP contribution < -0.4 is 10.6 Å². The number of nitrogens with zero attached hydrogens (tertiary/aromatic N) is 2. The van der Waals surface area contributed by atoms with Crippen molar-refractivity contribution in [2.24, 2.45) is 11.7 Å². The molecule has 2 unspecified atom stereocenters. The largest absolute Gasteiger partial charge is 0.339 e. The summed E-state index contributed by atoms with van der Waals surface area (Å²) in [5.41, 5.74) is 7.33. The molecule has 4 nitrogen and oxygen atoms in total. The van der Waals surface area contributed by atoms with Gasteiger partial charge in [-0.1, -0.05) is 0 Å². The molecule has 1 aromatic heterocycles. The van der Waals surface area contributed by atoms with E-state index in [0.717, 1.165) is 29.9 Å². The van der Waals surface area contributed by atoms with Crippen molar-refractivity contribution in [1.82, 2.24) is 9.97 Å². The van der Waals surface area contributed by atoms with Gasteiger partial charge in [0.25, 0.3) is 0 Å². The second-order valence-electron chi connectivity index (χ2n) is 5.40. The molecule has 1 fully saturated rings. The Labute approximate surface area is 111 Å². The first kappa shape index (κ1) is 12.4. The third kappa shape index (κ3) is 2.30. The first-order valence-corrected chi connectivity index (χ1v) is 6.79. The minimum atomic E-state index is -0.241. The Morgan fingerprint density at radius 3 is 3.11 bits per heavy atom. The molecule has 2 aromatic rings.